The first kappa shape index (κ1) is 17.3. The third kappa shape index (κ3) is 4.29. The lowest BCUT2D eigenvalue weighted by Gasteiger charge is -2.23. The lowest BCUT2D eigenvalue weighted by molar-refractivity contribution is 0.375. The molecule has 1 aliphatic rings. The molecule has 4 nitrogen and oxygen atoms in total. The Kier molecular flexibility index (Phi) is 5.43. The van der Waals surface area contributed by atoms with E-state index in [4.69, 9.17) is 16.3 Å². The quantitative estimate of drug-likeness (QED) is 0.879. The zero-order valence-electron chi connectivity index (χ0n) is 13.2. The van der Waals surface area contributed by atoms with Crippen molar-refractivity contribution < 1.29 is 13.2 Å². The van der Waals surface area contributed by atoms with Crippen molar-refractivity contribution >= 4 is 21.4 Å². The van der Waals surface area contributed by atoms with Gasteiger partial charge in [0, 0.05) is 5.02 Å². The lowest BCUT2D eigenvalue weighted by Crippen LogP contribution is -2.26. The summed E-state index contributed by atoms with van der Waals surface area (Å²) in [4.78, 5) is 0.210. The summed E-state index contributed by atoms with van der Waals surface area (Å²) in [5.41, 5.74) is 1.21. The van der Waals surface area contributed by atoms with Crippen LogP contribution in [0, 0.1) is 0 Å². The van der Waals surface area contributed by atoms with E-state index in [0.717, 1.165) is 25.9 Å². The molecule has 0 unspecified atom stereocenters. The predicted octanol–water partition coefficient (Wildman–Crippen LogP) is 3.62. The van der Waals surface area contributed by atoms with E-state index in [1.54, 1.807) is 18.2 Å². The maximum atomic E-state index is 12.3. The number of halogens is 1. The molecule has 1 saturated heterocycles. The summed E-state index contributed by atoms with van der Waals surface area (Å²) >= 11 is 5.80. The van der Waals surface area contributed by atoms with Crippen LogP contribution in [0.1, 0.15) is 24.3 Å². The standard InChI is InChI=1S/C18H20ClNO3S/c19-16-4-6-18(7-5-16)24(21,22)13-23-17-3-1-2-15(12-17)14-8-10-20-11-9-14/h1-7,12,14,20H,8-11,13H2. The van der Waals surface area contributed by atoms with Gasteiger partial charge in [0.05, 0.1) is 4.90 Å². The summed E-state index contributed by atoms with van der Waals surface area (Å²) in [6, 6.07) is 13.9. The molecule has 1 aliphatic heterocycles. The molecule has 1 heterocycles. The maximum absolute atomic E-state index is 12.3. The van der Waals surface area contributed by atoms with E-state index >= 15 is 0 Å². The predicted molar refractivity (Wildman–Crippen MR) is 95.4 cm³/mol. The fourth-order valence-corrected chi connectivity index (χ4v) is 3.97. The fourth-order valence-electron chi connectivity index (χ4n) is 2.87. The normalized spacial score (nSPS) is 16.0. The van der Waals surface area contributed by atoms with Gasteiger partial charge in [0.25, 0.3) is 0 Å². The molecule has 0 aliphatic carbocycles. The number of piperidine rings is 1. The van der Waals surface area contributed by atoms with Gasteiger partial charge in [-0.15, -0.1) is 0 Å². The van der Waals surface area contributed by atoms with Crippen LogP contribution in [0.5, 0.6) is 5.75 Å². The Morgan fingerprint density at radius 2 is 1.79 bits per heavy atom. The molecule has 1 N–H and O–H groups in total. The highest BCUT2D eigenvalue weighted by Gasteiger charge is 2.17. The number of hydrogen-bond donors (Lipinski definition) is 1. The molecule has 128 valence electrons. The molecule has 0 bridgehead atoms. The van der Waals surface area contributed by atoms with Crippen LogP contribution in [0.4, 0.5) is 0 Å². The van der Waals surface area contributed by atoms with Crippen molar-refractivity contribution in [3.63, 3.8) is 0 Å². The zero-order valence-corrected chi connectivity index (χ0v) is 14.8. The van der Waals surface area contributed by atoms with Crippen LogP contribution in [-0.2, 0) is 9.84 Å². The molecule has 3 rings (SSSR count). The number of rotatable bonds is 5. The van der Waals surface area contributed by atoms with Gasteiger partial charge in [0.15, 0.2) is 5.94 Å². The van der Waals surface area contributed by atoms with Crippen LogP contribution in [-0.4, -0.2) is 27.4 Å². The van der Waals surface area contributed by atoms with Gasteiger partial charge in [0.2, 0.25) is 9.84 Å². The first-order valence-corrected chi connectivity index (χ1v) is 9.99. The fraction of sp³-hybridized carbons (Fsp3) is 0.333. The van der Waals surface area contributed by atoms with E-state index in [-0.39, 0.29) is 10.8 Å². The molecule has 0 spiro atoms. The van der Waals surface area contributed by atoms with E-state index in [1.807, 2.05) is 12.1 Å². The minimum absolute atomic E-state index is 0.210. The third-order valence-corrected chi connectivity index (χ3v) is 5.89. The molecular formula is C18H20ClNO3S. The van der Waals surface area contributed by atoms with Crippen LogP contribution in [0.3, 0.4) is 0 Å². The second kappa shape index (κ2) is 7.55. The van der Waals surface area contributed by atoms with Gasteiger partial charge in [-0.05, 0) is 73.8 Å². The van der Waals surface area contributed by atoms with Crippen molar-refractivity contribution in [3.05, 3.63) is 59.1 Å². The summed E-state index contributed by atoms with van der Waals surface area (Å²) in [7, 11) is -3.50. The summed E-state index contributed by atoms with van der Waals surface area (Å²) in [6.45, 7) is 2.03. The Bertz CT molecular complexity index is 784. The first-order valence-electron chi connectivity index (χ1n) is 7.96. The average Bonchev–Trinajstić information content (AvgIpc) is 2.61. The van der Waals surface area contributed by atoms with Crippen molar-refractivity contribution in [2.24, 2.45) is 0 Å². The Morgan fingerprint density at radius 3 is 2.50 bits per heavy atom. The summed E-state index contributed by atoms with van der Waals surface area (Å²) < 4.78 is 30.2. The van der Waals surface area contributed by atoms with Gasteiger partial charge in [0.1, 0.15) is 5.75 Å². The monoisotopic (exact) mass is 365 g/mol. The largest absolute Gasteiger partial charge is 0.477 e. The Labute approximate surface area is 147 Å². The second-order valence-corrected chi connectivity index (χ2v) is 8.30. The second-order valence-electron chi connectivity index (χ2n) is 5.93. The Morgan fingerprint density at radius 1 is 1.08 bits per heavy atom. The smallest absolute Gasteiger partial charge is 0.213 e. The van der Waals surface area contributed by atoms with Crippen molar-refractivity contribution in [2.45, 2.75) is 23.7 Å². The minimum Gasteiger partial charge on any atom is -0.477 e. The molecule has 0 amide bonds. The van der Waals surface area contributed by atoms with Crippen LogP contribution in [0.15, 0.2) is 53.4 Å². The van der Waals surface area contributed by atoms with E-state index < -0.39 is 9.84 Å². The minimum atomic E-state index is -3.50. The van der Waals surface area contributed by atoms with Crippen LogP contribution >= 0.6 is 11.6 Å². The highest BCUT2D eigenvalue weighted by molar-refractivity contribution is 7.91. The van der Waals surface area contributed by atoms with Gasteiger partial charge >= 0.3 is 0 Å². The molecular weight excluding hydrogens is 346 g/mol. The van der Waals surface area contributed by atoms with Crippen LogP contribution in [0.2, 0.25) is 5.02 Å². The molecule has 24 heavy (non-hydrogen) atoms. The number of hydrogen-bond acceptors (Lipinski definition) is 4. The number of benzene rings is 2. The SMILES string of the molecule is O=S(=O)(COc1cccc(C2CCNCC2)c1)c1ccc(Cl)cc1. The summed E-state index contributed by atoms with van der Waals surface area (Å²) in [5, 5.41) is 3.85. The van der Waals surface area contributed by atoms with Gasteiger partial charge in [-0.3, -0.25) is 0 Å². The molecule has 2 aromatic carbocycles. The highest BCUT2D eigenvalue weighted by atomic mass is 35.5. The van der Waals surface area contributed by atoms with E-state index in [9.17, 15) is 8.42 Å². The van der Waals surface area contributed by atoms with Crippen LogP contribution < -0.4 is 10.1 Å². The average molecular weight is 366 g/mol. The van der Waals surface area contributed by atoms with Gasteiger partial charge < -0.3 is 10.1 Å². The zero-order chi connectivity index (χ0) is 17.0. The molecule has 0 atom stereocenters. The van der Waals surface area contributed by atoms with Gasteiger partial charge in [-0.1, -0.05) is 23.7 Å². The molecule has 6 heteroatoms. The lowest BCUT2D eigenvalue weighted by atomic mass is 9.90. The number of sulfone groups is 1. The van der Waals surface area contributed by atoms with E-state index in [1.165, 1.54) is 17.7 Å². The van der Waals surface area contributed by atoms with E-state index in [2.05, 4.69) is 11.4 Å². The molecule has 2 aromatic rings. The highest BCUT2D eigenvalue weighted by Crippen LogP contribution is 2.28. The number of nitrogens with one attached hydrogen (secondary N) is 1. The molecule has 0 saturated carbocycles. The molecule has 0 radical (unpaired) electrons. The van der Waals surface area contributed by atoms with E-state index in [0.29, 0.717) is 16.7 Å². The van der Waals surface area contributed by atoms with Crippen molar-refractivity contribution in [1.82, 2.24) is 5.32 Å². The first-order chi connectivity index (χ1) is 11.5. The molecule has 0 aromatic heterocycles. The van der Waals surface area contributed by atoms with Crippen molar-refractivity contribution in [1.29, 1.82) is 0 Å². The maximum Gasteiger partial charge on any atom is 0.213 e. The van der Waals surface area contributed by atoms with Crippen molar-refractivity contribution in [3.8, 4) is 5.75 Å². The third-order valence-electron chi connectivity index (χ3n) is 4.22. The number of ether oxygens (including phenoxy) is 1. The topological polar surface area (TPSA) is 55.4 Å². The van der Waals surface area contributed by atoms with Crippen LogP contribution in [0.25, 0.3) is 0 Å². The van der Waals surface area contributed by atoms with Crippen molar-refractivity contribution in [2.75, 3.05) is 19.0 Å². The van der Waals surface area contributed by atoms with Gasteiger partial charge in [-0.2, -0.15) is 0 Å². The summed E-state index contributed by atoms with van der Waals surface area (Å²) in [5.74, 6) is 0.704. The molecule has 1 fully saturated rings. The summed E-state index contributed by atoms with van der Waals surface area (Å²) in [6.07, 6.45) is 2.18. The Balaban J connectivity index is 1.68. The Hall–Kier alpha value is -1.56. The van der Waals surface area contributed by atoms with Gasteiger partial charge in [-0.25, -0.2) is 8.42 Å².